The first-order valence-electron chi connectivity index (χ1n) is 7.19. The summed E-state index contributed by atoms with van der Waals surface area (Å²) in [6.45, 7) is 6.77. The highest BCUT2D eigenvalue weighted by Gasteiger charge is 2.24. The summed E-state index contributed by atoms with van der Waals surface area (Å²) in [5, 5.41) is 6.38. The number of nitrogens with one attached hydrogen (secondary N) is 2. The Labute approximate surface area is 119 Å². The van der Waals surface area contributed by atoms with Crippen molar-refractivity contribution in [1.82, 2.24) is 4.90 Å². The fourth-order valence-electron chi connectivity index (χ4n) is 2.78. The van der Waals surface area contributed by atoms with Crippen LogP contribution in [0.3, 0.4) is 0 Å². The van der Waals surface area contributed by atoms with Gasteiger partial charge in [0.2, 0.25) is 0 Å². The fraction of sp³-hybridized carbons (Fsp3) is 0.533. The van der Waals surface area contributed by atoms with Crippen molar-refractivity contribution in [2.45, 2.75) is 32.4 Å². The van der Waals surface area contributed by atoms with Crippen molar-refractivity contribution in [1.29, 1.82) is 0 Å². The molecule has 2 aliphatic heterocycles. The van der Waals surface area contributed by atoms with Crippen molar-refractivity contribution in [3.05, 3.63) is 18.2 Å². The van der Waals surface area contributed by atoms with E-state index in [-0.39, 0.29) is 12.5 Å². The van der Waals surface area contributed by atoms with Crippen LogP contribution in [-0.4, -0.2) is 42.6 Å². The quantitative estimate of drug-likeness (QED) is 0.885. The van der Waals surface area contributed by atoms with Crippen molar-refractivity contribution >= 4 is 17.3 Å². The lowest BCUT2D eigenvalue weighted by Crippen LogP contribution is -2.31. The van der Waals surface area contributed by atoms with E-state index in [1.54, 1.807) is 0 Å². The number of benzene rings is 1. The number of rotatable bonds is 3. The van der Waals surface area contributed by atoms with E-state index in [1.165, 1.54) is 0 Å². The molecule has 2 aliphatic rings. The standard InChI is InChI=1S/C15H21N3O2/c1-10(2)18-6-5-12(8-18)16-11-3-4-14-13(7-11)17-15(19)9-20-14/h3-4,7,10,12,16H,5-6,8-9H2,1-2H3,(H,17,19). The van der Waals surface area contributed by atoms with Gasteiger partial charge in [-0.3, -0.25) is 9.69 Å². The van der Waals surface area contributed by atoms with E-state index >= 15 is 0 Å². The zero-order valence-corrected chi connectivity index (χ0v) is 12.0. The van der Waals surface area contributed by atoms with Gasteiger partial charge >= 0.3 is 0 Å². The lowest BCUT2D eigenvalue weighted by atomic mass is 10.2. The average molecular weight is 275 g/mol. The fourth-order valence-corrected chi connectivity index (χ4v) is 2.78. The molecule has 5 heteroatoms. The zero-order valence-electron chi connectivity index (χ0n) is 12.0. The van der Waals surface area contributed by atoms with Crippen molar-refractivity contribution in [2.75, 3.05) is 30.3 Å². The Morgan fingerprint density at radius 1 is 1.45 bits per heavy atom. The van der Waals surface area contributed by atoms with Crippen LogP contribution in [0.2, 0.25) is 0 Å². The number of likely N-dealkylation sites (tertiary alicyclic amines) is 1. The molecule has 1 atom stereocenters. The third-order valence-corrected chi connectivity index (χ3v) is 3.93. The second-order valence-electron chi connectivity index (χ2n) is 5.77. The van der Waals surface area contributed by atoms with Crippen LogP contribution < -0.4 is 15.4 Å². The van der Waals surface area contributed by atoms with Gasteiger partial charge in [0.05, 0.1) is 5.69 Å². The van der Waals surface area contributed by atoms with Crippen LogP contribution in [0.25, 0.3) is 0 Å². The van der Waals surface area contributed by atoms with Crippen molar-refractivity contribution in [3.8, 4) is 5.75 Å². The first kappa shape index (κ1) is 13.2. The molecule has 0 aromatic heterocycles. The molecule has 3 rings (SSSR count). The lowest BCUT2D eigenvalue weighted by molar-refractivity contribution is -0.118. The molecule has 0 bridgehead atoms. The molecular formula is C15H21N3O2. The number of hydrogen-bond acceptors (Lipinski definition) is 4. The SMILES string of the molecule is CC(C)N1CCC(Nc2ccc3c(c2)NC(=O)CO3)C1. The minimum atomic E-state index is -0.0958. The Morgan fingerprint density at radius 2 is 2.30 bits per heavy atom. The summed E-state index contributed by atoms with van der Waals surface area (Å²) >= 11 is 0. The molecule has 0 saturated carbocycles. The van der Waals surface area contributed by atoms with Gasteiger partial charge in [-0.15, -0.1) is 0 Å². The molecule has 1 aromatic carbocycles. The molecule has 20 heavy (non-hydrogen) atoms. The van der Waals surface area contributed by atoms with Crippen molar-refractivity contribution < 1.29 is 9.53 Å². The van der Waals surface area contributed by atoms with Crippen LogP contribution in [0.5, 0.6) is 5.75 Å². The highest BCUT2D eigenvalue weighted by atomic mass is 16.5. The maximum absolute atomic E-state index is 11.3. The normalized spacial score (nSPS) is 22.4. The van der Waals surface area contributed by atoms with Gasteiger partial charge in [-0.05, 0) is 38.5 Å². The van der Waals surface area contributed by atoms with Gasteiger partial charge in [-0.2, -0.15) is 0 Å². The van der Waals surface area contributed by atoms with E-state index in [1.807, 2.05) is 18.2 Å². The smallest absolute Gasteiger partial charge is 0.262 e. The number of nitrogens with zero attached hydrogens (tertiary/aromatic N) is 1. The van der Waals surface area contributed by atoms with Crippen molar-refractivity contribution in [3.63, 3.8) is 0 Å². The van der Waals surface area contributed by atoms with Crippen LogP contribution in [0, 0.1) is 0 Å². The predicted octanol–water partition coefficient (Wildman–Crippen LogP) is 1.91. The number of hydrogen-bond donors (Lipinski definition) is 2. The maximum atomic E-state index is 11.3. The second kappa shape index (κ2) is 5.32. The van der Waals surface area contributed by atoms with E-state index in [9.17, 15) is 4.79 Å². The number of anilines is 2. The summed E-state index contributed by atoms with van der Waals surface area (Å²) in [5.41, 5.74) is 1.79. The first-order chi connectivity index (χ1) is 9.61. The largest absolute Gasteiger partial charge is 0.482 e. The Balaban J connectivity index is 1.67. The van der Waals surface area contributed by atoms with Gasteiger partial charge in [0.15, 0.2) is 6.61 Å². The number of ether oxygens (including phenoxy) is 1. The molecule has 1 fully saturated rings. The molecule has 108 valence electrons. The third-order valence-electron chi connectivity index (χ3n) is 3.93. The van der Waals surface area contributed by atoms with Crippen LogP contribution in [0.4, 0.5) is 11.4 Å². The Bertz CT molecular complexity index is 516. The highest BCUT2D eigenvalue weighted by Crippen LogP contribution is 2.31. The van der Waals surface area contributed by atoms with Crippen LogP contribution in [0.1, 0.15) is 20.3 Å². The molecule has 1 amide bonds. The minimum absolute atomic E-state index is 0.0958. The molecule has 1 aromatic rings. The maximum Gasteiger partial charge on any atom is 0.262 e. The summed E-state index contributed by atoms with van der Waals surface area (Å²) < 4.78 is 5.36. The minimum Gasteiger partial charge on any atom is -0.482 e. The average Bonchev–Trinajstić information content (AvgIpc) is 2.87. The van der Waals surface area contributed by atoms with E-state index in [0.29, 0.717) is 12.1 Å². The van der Waals surface area contributed by atoms with E-state index in [2.05, 4.69) is 29.4 Å². The number of fused-ring (bicyclic) bond motifs is 1. The van der Waals surface area contributed by atoms with Gasteiger partial charge in [0.25, 0.3) is 5.91 Å². The monoisotopic (exact) mass is 275 g/mol. The zero-order chi connectivity index (χ0) is 14.1. The summed E-state index contributed by atoms with van der Waals surface area (Å²) in [5.74, 6) is 0.645. The number of carbonyl (C=O) groups excluding carboxylic acids is 1. The van der Waals surface area contributed by atoms with E-state index in [4.69, 9.17) is 4.74 Å². The molecule has 2 heterocycles. The molecule has 0 aliphatic carbocycles. The first-order valence-corrected chi connectivity index (χ1v) is 7.19. The number of carbonyl (C=O) groups is 1. The molecule has 2 N–H and O–H groups in total. The molecular weight excluding hydrogens is 254 g/mol. The van der Waals surface area contributed by atoms with Gasteiger partial charge in [0.1, 0.15) is 5.75 Å². The Kier molecular flexibility index (Phi) is 3.53. The van der Waals surface area contributed by atoms with E-state index < -0.39 is 0 Å². The van der Waals surface area contributed by atoms with Gasteiger partial charge in [-0.25, -0.2) is 0 Å². The van der Waals surface area contributed by atoms with E-state index in [0.717, 1.165) is 36.6 Å². The molecule has 1 saturated heterocycles. The predicted molar refractivity (Wildman–Crippen MR) is 79.3 cm³/mol. The van der Waals surface area contributed by atoms with Crippen LogP contribution in [-0.2, 0) is 4.79 Å². The molecule has 1 unspecified atom stereocenters. The molecule has 0 spiro atoms. The summed E-state index contributed by atoms with van der Waals surface area (Å²) in [6, 6.07) is 6.93. The van der Waals surface area contributed by atoms with Crippen molar-refractivity contribution in [2.24, 2.45) is 0 Å². The topological polar surface area (TPSA) is 53.6 Å². The lowest BCUT2D eigenvalue weighted by Gasteiger charge is -2.22. The van der Waals surface area contributed by atoms with Crippen LogP contribution >= 0.6 is 0 Å². The Hall–Kier alpha value is -1.75. The molecule has 5 nitrogen and oxygen atoms in total. The highest BCUT2D eigenvalue weighted by molar-refractivity contribution is 5.96. The molecule has 0 radical (unpaired) electrons. The van der Waals surface area contributed by atoms with Gasteiger partial charge < -0.3 is 15.4 Å². The van der Waals surface area contributed by atoms with Gasteiger partial charge in [-0.1, -0.05) is 0 Å². The van der Waals surface area contributed by atoms with Crippen LogP contribution in [0.15, 0.2) is 18.2 Å². The van der Waals surface area contributed by atoms with Gasteiger partial charge in [0, 0.05) is 30.9 Å². The Morgan fingerprint density at radius 3 is 3.05 bits per heavy atom. The summed E-state index contributed by atoms with van der Waals surface area (Å²) in [4.78, 5) is 13.8. The summed E-state index contributed by atoms with van der Waals surface area (Å²) in [7, 11) is 0. The second-order valence-corrected chi connectivity index (χ2v) is 5.77. The third kappa shape index (κ3) is 2.72. The summed E-state index contributed by atoms with van der Waals surface area (Å²) in [6.07, 6.45) is 1.15. The number of amides is 1.